The van der Waals surface area contributed by atoms with Crippen LogP contribution in [-0.4, -0.2) is 36.9 Å². The van der Waals surface area contributed by atoms with Crippen molar-refractivity contribution in [1.29, 1.82) is 0 Å². The predicted octanol–water partition coefficient (Wildman–Crippen LogP) is 15.3. The van der Waals surface area contributed by atoms with E-state index in [0.717, 1.165) is 86.3 Å². The molecule has 0 radical (unpaired) electrons. The normalized spacial score (nSPS) is 16.8. The molecule has 0 heterocycles. The molecule has 7 atom stereocenters. The number of allylic oxidation sites excluding steroid dienone is 2. The van der Waals surface area contributed by atoms with E-state index < -0.39 is 6.29 Å². The number of hydrogen-bond donors (Lipinski definition) is 1. The molecule has 0 aliphatic heterocycles. The van der Waals surface area contributed by atoms with E-state index in [4.69, 9.17) is 4.74 Å². The summed E-state index contributed by atoms with van der Waals surface area (Å²) in [5, 5.41) is 10.8. The van der Waals surface area contributed by atoms with Crippen molar-refractivity contribution in [2.24, 2.45) is 47.3 Å². The van der Waals surface area contributed by atoms with Crippen LogP contribution in [0, 0.1) is 47.3 Å². The van der Waals surface area contributed by atoms with Crippen molar-refractivity contribution in [2.75, 3.05) is 20.6 Å². The minimum atomic E-state index is -0.679. The quantitative estimate of drug-likeness (QED) is 0.0397. The maximum absolute atomic E-state index is 10.8. The second kappa shape index (κ2) is 32.9. The summed E-state index contributed by atoms with van der Waals surface area (Å²) in [6, 6.07) is 0. The fourth-order valence-electron chi connectivity index (χ4n) is 7.76. The molecule has 0 fully saturated rings. The predicted molar refractivity (Wildman–Crippen MR) is 229 cm³/mol. The van der Waals surface area contributed by atoms with Crippen molar-refractivity contribution < 1.29 is 9.84 Å². The van der Waals surface area contributed by atoms with Crippen molar-refractivity contribution in [3.8, 4) is 0 Å². The summed E-state index contributed by atoms with van der Waals surface area (Å²) in [4.78, 5) is 2.22. The zero-order valence-corrected chi connectivity index (χ0v) is 37.3. The highest BCUT2D eigenvalue weighted by atomic mass is 16.6. The Morgan fingerprint density at radius 2 is 0.804 bits per heavy atom. The van der Waals surface area contributed by atoms with Crippen LogP contribution in [0.3, 0.4) is 0 Å². The van der Waals surface area contributed by atoms with Gasteiger partial charge in [0.1, 0.15) is 0 Å². The standard InChI is InChI=1S/C48H97NO2/c1-39(2)21-15-23-41(5)25-17-27-43(7)29-19-31-45(9)34-36-47(51-48(50)33-13-14-38-49(11)12)37-35-46(10)32-20-30-44(8)28-18-26-42(6)24-16-22-40(3)4/h36,39-46,48,50H,13-35,37-38H2,1-12H3. The monoisotopic (exact) mass is 720 g/mol. The molecule has 51 heavy (non-hydrogen) atoms. The van der Waals surface area contributed by atoms with Crippen molar-refractivity contribution >= 4 is 0 Å². The van der Waals surface area contributed by atoms with Crippen LogP contribution in [0.4, 0.5) is 0 Å². The SMILES string of the molecule is CC(C)CCCC(C)CCCC(C)CCCC(C)CC=C(CCC(C)CCCC(C)CCCC(C)CCCC(C)C)OC(O)CCCCN(C)C. The van der Waals surface area contributed by atoms with Gasteiger partial charge >= 0.3 is 0 Å². The number of aliphatic hydroxyl groups is 1. The maximum Gasteiger partial charge on any atom is 0.196 e. The Morgan fingerprint density at radius 1 is 0.451 bits per heavy atom. The summed E-state index contributed by atoms with van der Waals surface area (Å²) in [5.41, 5.74) is 0. The van der Waals surface area contributed by atoms with Crippen molar-refractivity contribution in [3.63, 3.8) is 0 Å². The molecule has 0 aliphatic rings. The summed E-state index contributed by atoms with van der Waals surface area (Å²) in [6.07, 6.45) is 32.5. The molecule has 0 aromatic carbocycles. The van der Waals surface area contributed by atoms with Crippen LogP contribution < -0.4 is 0 Å². The molecule has 3 nitrogen and oxygen atoms in total. The molecule has 0 saturated heterocycles. The van der Waals surface area contributed by atoms with Gasteiger partial charge in [0.2, 0.25) is 0 Å². The molecular formula is C48H97NO2. The van der Waals surface area contributed by atoms with E-state index in [-0.39, 0.29) is 0 Å². The van der Waals surface area contributed by atoms with Gasteiger partial charge in [-0.1, -0.05) is 185 Å². The van der Waals surface area contributed by atoms with Crippen molar-refractivity contribution in [3.05, 3.63) is 11.8 Å². The molecule has 1 N–H and O–H groups in total. The number of nitrogens with zero attached hydrogens (tertiary/aromatic N) is 1. The van der Waals surface area contributed by atoms with Gasteiger partial charge in [0.25, 0.3) is 0 Å². The summed E-state index contributed by atoms with van der Waals surface area (Å²) in [5.74, 6) is 7.57. The lowest BCUT2D eigenvalue weighted by Gasteiger charge is -2.20. The van der Waals surface area contributed by atoms with E-state index in [1.165, 1.54) is 116 Å². The summed E-state index contributed by atoms with van der Waals surface area (Å²) in [6.45, 7) is 25.2. The second-order valence-electron chi connectivity index (χ2n) is 19.3. The van der Waals surface area contributed by atoms with Gasteiger partial charge in [-0.15, -0.1) is 0 Å². The van der Waals surface area contributed by atoms with Crippen LogP contribution in [0.5, 0.6) is 0 Å². The van der Waals surface area contributed by atoms with Crippen LogP contribution in [0.1, 0.15) is 223 Å². The molecule has 0 spiro atoms. The molecule has 0 aromatic rings. The Kier molecular flexibility index (Phi) is 32.5. The van der Waals surface area contributed by atoms with Crippen LogP contribution in [-0.2, 0) is 4.74 Å². The molecule has 0 aromatic heterocycles. The van der Waals surface area contributed by atoms with Crippen molar-refractivity contribution in [2.45, 2.75) is 230 Å². The van der Waals surface area contributed by atoms with Gasteiger partial charge in [0.15, 0.2) is 6.29 Å². The third kappa shape index (κ3) is 34.9. The minimum Gasteiger partial charge on any atom is -0.470 e. The molecular weight excluding hydrogens is 623 g/mol. The van der Waals surface area contributed by atoms with E-state index >= 15 is 0 Å². The lowest BCUT2D eigenvalue weighted by Crippen LogP contribution is -2.16. The Hall–Kier alpha value is -0.540. The Balaban J connectivity index is 4.60. The molecule has 0 saturated carbocycles. The number of unbranched alkanes of at least 4 members (excludes halogenated alkanes) is 1. The van der Waals surface area contributed by atoms with E-state index in [2.05, 4.69) is 94.3 Å². The van der Waals surface area contributed by atoms with Gasteiger partial charge in [0, 0.05) is 12.8 Å². The largest absolute Gasteiger partial charge is 0.470 e. The zero-order valence-electron chi connectivity index (χ0n) is 37.3. The topological polar surface area (TPSA) is 32.7 Å². The number of ether oxygens (including phenoxy) is 1. The van der Waals surface area contributed by atoms with E-state index in [9.17, 15) is 5.11 Å². The Labute approximate surface area is 323 Å². The Morgan fingerprint density at radius 3 is 1.18 bits per heavy atom. The van der Waals surface area contributed by atoms with Gasteiger partial charge in [-0.3, -0.25) is 0 Å². The lowest BCUT2D eigenvalue weighted by atomic mass is 9.90. The van der Waals surface area contributed by atoms with E-state index in [1.807, 2.05) is 0 Å². The van der Waals surface area contributed by atoms with Gasteiger partial charge in [-0.2, -0.15) is 0 Å². The van der Waals surface area contributed by atoms with Gasteiger partial charge < -0.3 is 14.7 Å². The van der Waals surface area contributed by atoms with Crippen LogP contribution in [0.25, 0.3) is 0 Å². The minimum absolute atomic E-state index is 0.663. The van der Waals surface area contributed by atoms with Gasteiger partial charge in [-0.25, -0.2) is 0 Å². The van der Waals surface area contributed by atoms with Crippen molar-refractivity contribution in [1.82, 2.24) is 4.90 Å². The van der Waals surface area contributed by atoms with Gasteiger partial charge in [0.05, 0.1) is 5.76 Å². The highest BCUT2D eigenvalue weighted by Crippen LogP contribution is 2.27. The average molecular weight is 720 g/mol. The average Bonchev–Trinajstić information content (AvgIpc) is 3.04. The summed E-state index contributed by atoms with van der Waals surface area (Å²) in [7, 11) is 4.23. The first-order valence-electron chi connectivity index (χ1n) is 22.9. The molecule has 0 bridgehead atoms. The van der Waals surface area contributed by atoms with Crippen LogP contribution in [0.2, 0.25) is 0 Å². The van der Waals surface area contributed by atoms with Crippen LogP contribution in [0.15, 0.2) is 11.8 Å². The number of hydrogen-bond acceptors (Lipinski definition) is 3. The molecule has 3 heteroatoms. The maximum atomic E-state index is 10.8. The fourth-order valence-corrected chi connectivity index (χ4v) is 7.76. The first kappa shape index (κ1) is 50.5. The molecule has 0 aliphatic carbocycles. The lowest BCUT2D eigenvalue weighted by molar-refractivity contribution is -0.0743. The molecule has 0 amide bonds. The number of rotatable bonds is 36. The third-order valence-corrected chi connectivity index (χ3v) is 11.8. The van der Waals surface area contributed by atoms with Gasteiger partial charge in [-0.05, 0) is 99.7 Å². The first-order valence-corrected chi connectivity index (χ1v) is 22.9. The van der Waals surface area contributed by atoms with E-state index in [1.54, 1.807) is 0 Å². The zero-order chi connectivity index (χ0) is 38.4. The van der Waals surface area contributed by atoms with Crippen LogP contribution >= 0.6 is 0 Å². The second-order valence-corrected chi connectivity index (χ2v) is 19.3. The highest BCUT2D eigenvalue weighted by molar-refractivity contribution is 4.95. The fraction of sp³-hybridized carbons (Fsp3) is 0.958. The first-order chi connectivity index (χ1) is 24.2. The summed E-state index contributed by atoms with van der Waals surface area (Å²) < 4.78 is 6.25. The Bertz CT molecular complexity index is 775. The third-order valence-electron chi connectivity index (χ3n) is 11.8. The van der Waals surface area contributed by atoms with E-state index in [0.29, 0.717) is 11.8 Å². The summed E-state index contributed by atoms with van der Waals surface area (Å²) >= 11 is 0. The molecule has 0 rings (SSSR count). The molecule has 7 unspecified atom stereocenters. The smallest absolute Gasteiger partial charge is 0.196 e. The highest BCUT2D eigenvalue weighted by Gasteiger charge is 2.14. The number of aliphatic hydroxyl groups excluding tert-OH is 1. The molecule has 306 valence electrons.